The van der Waals surface area contributed by atoms with Crippen molar-refractivity contribution in [3.8, 4) is 5.69 Å². The number of H-pyrrole nitrogens is 1. The maximum atomic E-state index is 12.9. The fourth-order valence-electron chi connectivity index (χ4n) is 3.34. The van der Waals surface area contributed by atoms with E-state index in [9.17, 15) is 14.7 Å². The molecule has 6 heteroatoms. The monoisotopic (exact) mass is 385 g/mol. The molecule has 0 radical (unpaired) electrons. The van der Waals surface area contributed by atoms with E-state index < -0.39 is 5.97 Å². The predicted octanol–water partition coefficient (Wildman–Crippen LogP) is 4.38. The Balaban J connectivity index is 1.81. The van der Waals surface area contributed by atoms with Crippen LogP contribution < -0.4 is 5.56 Å². The summed E-state index contributed by atoms with van der Waals surface area (Å²) in [4.78, 5) is 29.0. The normalized spacial score (nSPS) is 11.4. The average Bonchev–Trinajstić information content (AvgIpc) is 2.99. The number of hydrogen-bond donors (Lipinski definition) is 2. The minimum atomic E-state index is -1.06. The molecule has 0 amide bonds. The molecule has 2 N–H and O–H groups in total. The Labute approximate surface area is 166 Å². The summed E-state index contributed by atoms with van der Waals surface area (Å²) < 4.78 is 1.48. The Bertz CT molecular complexity index is 1330. The molecule has 0 fully saturated rings. The minimum absolute atomic E-state index is 0.0902. The third kappa shape index (κ3) is 3.36. The fourth-order valence-corrected chi connectivity index (χ4v) is 3.34. The molecule has 1 aromatic heterocycles. The van der Waals surface area contributed by atoms with Crippen LogP contribution in [0.2, 0.25) is 0 Å². The molecule has 0 aliphatic carbocycles. The molecule has 0 saturated heterocycles. The van der Waals surface area contributed by atoms with Gasteiger partial charge in [-0.05, 0) is 48.4 Å². The van der Waals surface area contributed by atoms with Gasteiger partial charge in [-0.25, -0.2) is 9.48 Å². The molecule has 0 aliphatic rings. The molecule has 0 spiro atoms. The third-order valence-corrected chi connectivity index (χ3v) is 4.90. The maximum Gasteiger partial charge on any atom is 0.337 e. The van der Waals surface area contributed by atoms with Crippen LogP contribution >= 0.6 is 0 Å². The van der Waals surface area contributed by atoms with Gasteiger partial charge in [0.05, 0.1) is 22.5 Å². The SMILES string of the molecule is Cc1ccccc1-n1[nH]c(C)c(C=Nc2cc3ccccc3cc2C(=O)O)c1=O. The van der Waals surface area contributed by atoms with Crippen LogP contribution in [-0.2, 0) is 0 Å². The zero-order valence-corrected chi connectivity index (χ0v) is 16.0. The lowest BCUT2D eigenvalue weighted by molar-refractivity contribution is 0.0698. The van der Waals surface area contributed by atoms with Crippen molar-refractivity contribution in [2.45, 2.75) is 13.8 Å². The van der Waals surface area contributed by atoms with Crippen LogP contribution in [0.15, 0.2) is 70.5 Å². The van der Waals surface area contributed by atoms with Crippen molar-refractivity contribution < 1.29 is 9.90 Å². The number of aryl methyl sites for hydroxylation is 2. The van der Waals surface area contributed by atoms with Crippen molar-refractivity contribution in [1.82, 2.24) is 9.78 Å². The number of carboxylic acid groups (broad SMARTS) is 1. The number of nitrogens with zero attached hydrogens (tertiary/aromatic N) is 2. The van der Waals surface area contributed by atoms with E-state index in [-0.39, 0.29) is 11.1 Å². The molecule has 29 heavy (non-hydrogen) atoms. The van der Waals surface area contributed by atoms with Gasteiger partial charge in [0, 0.05) is 11.9 Å². The first-order chi connectivity index (χ1) is 14.0. The summed E-state index contributed by atoms with van der Waals surface area (Å²) in [7, 11) is 0. The molecular formula is C23H19N3O3. The zero-order chi connectivity index (χ0) is 20.5. The average molecular weight is 385 g/mol. The molecule has 144 valence electrons. The topological polar surface area (TPSA) is 87.4 Å². The number of rotatable bonds is 4. The lowest BCUT2D eigenvalue weighted by atomic mass is 10.1. The van der Waals surface area contributed by atoms with Crippen LogP contribution in [0.25, 0.3) is 16.5 Å². The molecule has 0 aliphatic heterocycles. The second kappa shape index (κ2) is 7.24. The second-order valence-corrected chi connectivity index (χ2v) is 6.86. The van der Waals surface area contributed by atoms with Gasteiger partial charge >= 0.3 is 5.97 Å². The molecule has 6 nitrogen and oxygen atoms in total. The Hall–Kier alpha value is -3.93. The number of carbonyl (C=O) groups is 1. The van der Waals surface area contributed by atoms with Gasteiger partial charge in [-0.1, -0.05) is 42.5 Å². The van der Waals surface area contributed by atoms with Gasteiger partial charge in [-0.2, -0.15) is 0 Å². The van der Waals surface area contributed by atoms with Gasteiger partial charge in [0.25, 0.3) is 5.56 Å². The van der Waals surface area contributed by atoms with Crippen molar-refractivity contribution in [2.24, 2.45) is 4.99 Å². The van der Waals surface area contributed by atoms with Gasteiger partial charge in [0.15, 0.2) is 0 Å². The van der Waals surface area contributed by atoms with Crippen LogP contribution in [-0.4, -0.2) is 27.1 Å². The fraction of sp³-hybridized carbons (Fsp3) is 0.0870. The number of fused-ring (bicyclic) bond motifs is 1. The largest absolute Gasteiger partial charge is 0.478 e. The molecule has 4 rings (SSSR count). The lowest BCUT2D eigenvalue weighted by Gasteiger charge is -2.04. The van der Waals surface area contributed by atoms with Gasteiger partial charge in [0.1, 0.15) is 0 Å². The first-order valence-corrected chi connectivity index (χ1v) is 9.13. The Morgan fingerprint density at radius 1 is 1.03 bits per heavy atom. The molecule has 4 aromatic rings. The van der Waals surface area contributed by atoms with Crippen LogP contribution in [0.1, 0.15) is 27.2 Å². The molecule has 3 aromatic carbocycles. The molecule has 0 bridgehead atoms. The third-order valence-electron chi connectivity index (χ3n) is 4.90. The quantitative estimate of drug-likeness (QED) is 0.511. The summed E-state index contributed by atoms with van der Waals surface area (Å²) in [6.45, 7) is 3.72. The van der Waals surface area contributed by atoms with Gasteiger partial charge in [-0.3, -0.25) is 14.9 Å². The highest BCUT2D eigenvalue weighted by Gasteiger charge is 2.14. The molecule has 1 heterocycles. The highest BCUT2D eigenvalue weighted by molar-refractivity contribution is 6.01. The number of aliphatic imine (C=N–C) groups is 1. The number of carboxylic acids is 1. The number of para-hydroxylation sites is 1. The first-order valence-electron chi connectivity index (χ1n) is 9.13. The maximum absolute atomic E-state index is 12.9. The highest BCUT2D eigenvalue weighted by Crippen LogP contribution is 2.26. The number of aromatic carboxylic acids is 1. The van der Waals surface area contributed by atoms with E-state index in [4.69, 9.17) is 0 Å². The Morgan fingerprint density at radius 3 is 2.38 bits per heavy atom. The Morgan fingerprint density at radius 2 is 1.69 bits per heavy atom. The van der Waals surface area contributed by atoms with Crippen LogP contribution in [0.5, 0.6) is 0 Å². The lowest BCUT2D eigenvalue weighted by Crippen LogP contribution is -2.18. The van der Waals surface area contributed by atoms with E-state index >= 15 is 0 Å². The van der Waals surface area contributed by atoms with Crippen molar-refractivity contribution in [1.29, 1.82) is 0 Å². The smallest absolute Gasteiger partial charge is 0.337 e. The number of aromatic nitrogens is 2. The summed E-state index contributed by atoms with van der Waals surface area (Å²) in [5, 5.41) is 14.3. The minimum Gasteiger partial charge on any atom is -0.478 e. The molecule has 0 saturated carbocycles. The molecule has 0 unspecified atom stereocenters. The number of hydrogen-bond acceptors (Lipinski definition) is 3. The molecule has 0 atom stereocenters. The van der Waals surface area contributed by atoms with Crippen LogP contribution in [0.3, 0.4) is 0 Å². The van der Waals surface area contributed by atoms with Crippen molar-refractivity contribution in [3.05, 3.63) is 93.4 Å². The van der Waals surface area contributed by atoms with E-state index in [0.717, 1.165) is 22.0 Å². The van der Waals surface area contributed by atoms with Gasteiger partial charge in [-0.15, -0.1) is 0 Å². The van der Waals surface area contributed by atoms with E-state index in [1.54, 1.807) is 19.1 Å². The Kier molecular flexibility index (Phi) is 4.60. The summed E-state index contributed by atoms with van der Waals surface area (Å²) in [5.41, 5.74) is 2.92. The standard InChI is InChI=1S/C23H19N3O3/c1-14-7-3-6-10-21(14)26-22(27)19(15(2)25-26)13-24-20-12-17-9-5-4-8-16(17)11-18(20)23(28)29/h3-13,25H,1-2H3,(H,28,29). The van der Waals surface area contributed by atoms with Crippen molar-refractivity contribution in [3.63, 3.8) is 0 Å². The van der Waals surface area contributed by atoms with Gasteiger partial charge in [0.2, 0.25) is 0 Å². The molecular weight excluding hydrogens is 366 g/mol. The summed E-state index contributed by atoms with van der Waals surface area (Å²) in [6.07, 6.45) is 1.43. The van der Waals surface area contributed by atoms with Crippen LogP contribution in [0.4, 0.5) is 5.69 Å². The highest BCUT2D eigenvalue weighted by atomic mass is 16.4. The van der Waals surface area contributed by atoms with Crippen molar-refractivity contribution >= 4 is 28.6 Å². The first kappa shape index (κ1) is 18.4. The summed E-state index contributed by atoms with van der Waals surface area (Å²) >= 11 is 0. The summed E-state index contributed by atoms with van der Waals surface area (Å²) in [6, 6.07) is 18.4. The van der Waals surface area contributed by atoms with E-state index in [1.165, 1.54) is 10.9 Å². The second-order valence-electron chi connectivity index (χ2n) is 6.86. The van der Waals surface area contributed by atoms with E-state index in [2.05, 4.69) is 10.1 Å². The number of aromatic amines is 1. The number of nitrogens with one attached hydrogen (secondary N) is 1. The predicted molar refractivity (Wildman–Crippen MR) is 114 cm³/mol. The zero-order valence-electron chi connectivity index (χ0n) is 16.0. The van der Waals surface area contributed by atoms with E-state index in [1.807, 2.05) is 55.5 Å². The van der Waals surface area contributed by atoms with Gasteiger partial charge < -0.3 is 5.11 Å². The van der Waals surface area contributed by atoms with Crippen LogP contribution in [0, 0.1) is 13.8 Å². The van der Waals surface area contributed by atoms with Crippen molar-refractivity contribution in [2.75, 3.05) is 0 Å². The van der Waals surface area contributed by atoms with E-state index in [0.29, 0.717) is 16.9 Å². The summed E-state index contributed by atoms with van der Waals surface area (Å²) in [5.74, 6) is -1.06. The number of benzene rings is 3.